The molecule has 0 saturated heterocycles. The van der Waals surface area contributed by atoms with Crippen LogP contribution in [0.5, 0.6) is 5.75 Å². The van der Waals surface area contributed by atoms with Crippen LogP contribution < -0.4 is 10.6 Å². The number of aromatic hydroxyl groups is 1. The molecule has 1 aromatic carbocycles. The summed E-state index contributed by atoms with van der Waals surface area (Å²) >= 11 is 4.19. The molecule has 0 saturated carbocycles. The summed E-state index contributed by atoms with van der Waals surface area (Å²) in [5, 5.41) is 24.7. The third-order valence-electron chi connectivity index (χ3n) is 4.67. The first kappa shape index (κ1) is 28.6. The molecule has 9 nitrogen and oxygen atoms in total. The van der Waals surface area contributed by atoms with Crippen LogP contribution >= 0.6 is 12.6 Å². The maximum Gasteiger partial charge on any atom is 0.408 e. The van der Waals surface area contributed by atoms with E-state index < -0.39 is 42.2 Å². The van der Waals surface area contributed by atoms with Crippen molar-refractivity contribution in [2.24, 2.45) is 0 Å². The van der Waals surface area contributed by atoms with Crippen LogP contribution in [-0.4, -0.2) is 69.6 Å². The number of carbonyl (C=O) groups excluding carboxylic acids is 3. The second-order valence-corrected chi connectivity index (χ2v) is 9.19. The Morgan fingerprint density at radius 1 is 1.15 bits per heavy atom. The molecule has 4 N–H and O–H groups in total. The van der Waals surface area contributed by atoms with E-state index >= 15 is 0 Å². The minimum Gasteiger partial charge on any atom is -0.508 e. The average molecular weight is 484 g/mol. The predicted octanol–water partition coefficient (Wildman–Crippen LogP) is 2.38. The van der Waals surface area contributed by atoms with Crippen molar-refractivity contribution in [2.75, 3.05) is 18.9 Å². The number of ether oxygens (including phenoxy) is 1. The van der Waals surface area contributed by atoms with E-state index in [0.717, 1.165) is 12.8 Å². The molecule has 0 bridgehead atoms. The molecule has 1 aromatic rings. The zero-order chi connectivity index (χ0) is 25.2. The van der Waals surface area contributed by atoms with Gasteiger partial charge in [0.15, 0.2) is 0 Å². The largest absolute Gasteiger partial charge is 0.508 e. The van der Waals surface area contributed by atoms with Crippen molar-refractivity contribution >= 4 is 30.5 Å². The summed E-state index contributed by atoms with van der Waals surface area (Å²) in [4.78, 5) is 40.2. The number of nitrogens with zero attached hydrogens (tertiary/aromatic N) is 1. The van der Waals surface area contributed by atoms with Gasteiger partial charge in [0.1, 0.15) is 23.4 Å². The normalized spacial score (nSPS) is 14.0. The third-order valence-corrected chi connectivity index (χ3v) is 5.04. The number of benzene rings is 1. The summed E-state index contributed by atoms with van der Waals surface area (Å²) in [6.07, 6.45) is 0.828. The van der Waals surface area contributed by atoms with E-state index in [4.69, 9.17) is 4.74 Å². The monoisotopic (exact) mass is 483 g/mol. The Kier molecular flexibility index (Phi) is 11.5. The van der Waals surface area contributed by atoms with Crippen LogP contribution in [0.15, 0.2) is 24.3 Å². The maximum atomic E-state index is 13.4. The van der Waals surface area contributed by atoms with Gasteiger partial charge in [-0.3, -0.25) is 9.59 Å². The van der Waals surface area contributed by atoms with Gasteiger partial charge in [0.05, 0.1) is 6.61 Å². The Labute approximate surface area is 201 Å². The van der Waals surface area contributed by atoms with Crippen molar-refractivity contribution in [3.05, 3.63) is 29.8 Å². The topological polar surface area (TPSA) is 128 Å². The average Bonchev–Trinajstić information content (AvgIpc) is 2.71. The predicted molar refractivity (Wildman–Crippen MR) is 129 cm³/mol. The van der Waals surface area contributed by atoms with Crippen LogP contribution in [0, 0.1) is 0 Å². The zero-order valence-corrected chi connectivity index (χ0v) is 20.9. The third kappa shape index (κ3) is 9.51. The standard InChI is InChI=1S/C23H37N3O6S/c1-6-7-15(2)24-20(29)19(16-8-10-17(28)11-9-16)26(12-13-27)21(30)18(14-33)25-22(31)32-23(3,4)5/h8-11,15,18-19,27-28,33H,6-7,12-14H2,1-5H3,(H,24,29)(H,25,31). The van der Waals surface area contributed by atoms with Crippen molar-refractivity contribution in [2.45, 2.75) is 71.2 Å². The molecule has 3 atom stereocenters. The SMILES string of the molecule is CCCC(C)NC(=O)C(c1ccc(O)cc1)N(CCO)C(=O)C(CS)NC(=O)OC(C)(C)C. The van der Waals surface area contributed by atoms with Gasteiger partial charge in [-0.1, -0.05) is 25.5 Å². The highest BCUT2D eigenvalue weighted by molar-refractivity contribution is 7.80. The number of amides is 3. The number of aliphatic hydroxyl groups excluding tert-OH is 1. The highest BCUT2D eigenvalue weighted by Crippen LogP contribution is 2.25. The molecule has 0 aliphatic heterocycles. The second kappa shape index (κ2) is 13.3. The van der Waals surface area contributed by atoms with Gasteiger partial charge in [-0.05, 0) is 51.8 Å². The molecule has 0 fully saturated rings. The second-order valence-electron chi connectivity index (χ2n) is 8.83. The minimum atomic E-state index is -1.09. The van der Waals surface area contributed by atoms with Gasteiger partial charge >= 0.3 is 6.09 Å². The van der Waals surface area contributed by atoms with Crippen molar-refractivity contribution in [3.8, 4) is 5.75 Å². The summed E-state index contributed by atoms with van der Waals surface area (Å²) in [7, 11) is 0. The van der Waals surface area contributed by atoms with Gasteiger partial charge in [-0.15, -0.1) is 0 Å². The van der Waals surface area contributed by atoms with Crippen LogP contribution in [0.25, 0.3) is 0 Å². The van der Waals surface area contributed by atoms with Gasteiger partial charge in [0.2, 0.25) is 11.8 Å². The molecular formula is C23H37N3O6S. The van der Waals surface area contributed by atoms with Crippen LogP contribution in [-0.2, 0) is 14.3 Å². The lowest BCUT2D eigenvalue weighted by atomic mass is 10.0. The first-order valence-electron chi connectivity index (χ1n) is 11.0. The fraction of sp³-hybridized carbons (Fsp3) is 0.609. The number of phenols is 1. The molecule has 0 heterocycles. The maximum absolute atomic E-state index is 13.4. The minimum absolute atomic E-state index is 0.0112. The summed E-state index contributed by atoms with van der Waals surface area (Å²) in [6, 6.07) is 3.61. The summed E-state index contributed by atoms with van der Waals surface area (Å²) in [6.45, 7) is 8.42. The number of carbonyl (C=O) groups is 3. The highest BCUT2D eigenvalue weighted by Gasteiger charge is 2.36. The zero-order valence-electron chi connectivity index (χ0n) is 20.0. The van der Waals surface area contributed by atoms with Crippen molar-refractivity contribution in [3.63, 3.8) is 0 Å². The molecule has 0 aliphatic carbocycles. The van der Waals surface area contributed by atoms with Crippen molar-refractivity contribution in [1.29, 1.82) is 0 Å². The van der Waals surface area contributed by atoms with Crippen LogP contribution in [0.2, 0.25) is 0 Å². The van der Waals surface area contributed by atoms with E-state index in [1.807, 2.05) is 13.8 Å². The van der Waals surface area contributed by atoms with E-state index in [2.05, 4.69) is 23.3 Å². The lowest BCUT2D eigenvalue weighted by Gasteiger charge is -2.34. The first-order chi connectivity index (χ1) is 15.4. The lowest BCUT2D eigenvalue weighted by Crippen LogP contribution is -2.55. The molecular weight excluding hydrogens is 446 g/mol. The molecule has 3 amide bonds. The Balaban J connectivity index is 3.29. The number of hydrogen-bond donors (Lipinski definition) is 5. The number of alkyl carbamates (subject to hydrolysis) is 1. The number of thiol groups is 1. The summed E-state index contributed by atoms with van der Waals surface area (Å²) in [5.74, 6) is -1.06. The molecule has 0 aliphatic rings. The van der Waals surface area contributed by atoms with E-state index in [-0.39, 0.29) is 24.1 Å². The molecule has 0 aromatic heterocycles. The molecule has 186 valence electrons. The Morgan fingerprint density at radius 2 is 1.76 bits per heavy atom. The molecule has 0 spiro atoms. The van der Waals surface area contributed by atoms with Crippen molar-refractivity contribution in [1.82, 2.24) is 15.5 Å². The molecule has 33 heavy (non-hydrogen) atoms. The molecule has 0 radical (unpaired) electrons. The van der Waals surface area contributed by atoms with Gasteiger partial charge in [0.25, 0.3) is 0 Å². The van der Waals surface area contributed by atoms with Crippen LogP contribution in [0.4, 0.5) is 4.79 Å². The summed E-state index contributed by atoms with van der Waals surface area (Å²) in [5.41, 5.74) is -0.311. The molecule has 1 rings (SSSR count). The van der Waals surface area contributed by atoms with Gasteiger partial charge in [0, 0.05) is 18.3 Å². The van der Waals surface area contributed by atoms with Crippen molar-refractivity contribution < 1.29 is 29.3 Å². The Morgan fingerprint density at radius 3 is 2.24 bits per heavy atom. The fourth-order valence-corrected chi connectivity index (χ4v) is 3.51. The lowest BCUT2D eigenvalue weighted by molar-refractivity contribution is -0.142. The van der Waals surface area contributed by atoms with Crippen LogP contribution in [0.3, 0.4) is 0 Å². The smallest absolute Gasteiger partial charge is 0.408 e. The number of nitrogens with one attached hydrogen (secondary N) is 2. The number of rotatable bonds is 11. The number of aliphatic hydroxyl groups is 1. The first-order valence-corrected chi connectivity index (χ1v) is 11.7. The van der Waals surface area contributed by atoms with E-state index in [9.17, 15) is 24.6 Å². The quantitative estimate of drug-likeness (QED) is 0.308. The fourth-order valence-electron chi connectivity index (χ4n) is 3.27. The Hall–Kier alpha value is -2.46. The summed E-state index contributed by atoms with van der Waals surface area (Å²) < 4.78 is 5.23. The van der Waals surface area contributed by atoms with Gasteiger partial charge < -0.3 is 30.5 Å². The van der Waals surface area contributed by atoms with Crippen LogP contribution in [0.1, 0.15) is 59.1 Å². The Bertz CT molecular complexity index is 781. The molecule has 10 heteroatoms. The molecule has 3 unspecified atom stereocenters. The van der Waals surface area contributed by atoms with E-state index in [0.29, 0.717) is 5.56 Å². The highest BCUT2D eigenvalue weighted by atomic mass is 32.1. The van der Waals surface area contributed by atoms with E-state index in [1.165, 1.54) is 17.0 Å². The van der Waals surface area contributed by atoms with E-state index in [1.54, 1.807) is 32.9 Å². The number of hydrogen-bond acceptors (Lipinski definition) is 7. The number of phenolic OH excluding ortho intramolecular Hbond substituents is 1. The van der Waals surface area contributed by atoms with Gasteiger partial charge in [-0.25, -0.2) is 4.79 Å². The van der Waals surface area contributed by atoms with Gasteiger partial charge in [-0.2, -0.15) is 12.6 Å².